The molecule has 0 bridgehead atoms. The number of rotatable bonds is 2. The van der Waals surface area contributed by atoms with Crippen molar-refractivity contribution in [2.75, 3.05) is 47.3 Å². The second-order valence-electron chi connectivity index (χ2n) is 3.86. The van der Waals surface area contributed by atoms with Gasteiger partial charge in [-0.05, 0) is 27.6 Å². The summed E-state index contributed by atoms with van der Waals surface area (Å²) in [5, 5.41) is 4.42. The molecular weight excluding hydrogens is 150 g/mol. The van der Waals surface area contributed by atoms with Gasteiger partial charge in [0.1, 0.15) is 0 Å². The zero-order valence-corrected chi connectivity index (χ0v) is 8.45. The summed E-state index contributed by atoms with van der Waals surface area (Å²) in [6, 6.07) is 0.700. The lowest BCUT2D eigenvalue weighted by Crippen LogP contribution is -2.39. The van der Waals surface area contributed by atoms with Crippen LogP contribution in [0.2, 0.25) is 0 Å². The Labute approximate surface area is 75.7 Å². The number of nitrogens with zero attached hydrogens (tertiary/aromatic N) is 3. The van der Waals surface area contributed by atoms with Crippen LogP contribution < -0.4 is 5.32 Å². The van der Waals surface area contributed by atoms with Crippen LogP contribution in [0.5, 0.6) is 0 Å². The van der Waals surface area contributed by atoms with Crippen molar-refractivity contribution in [2.24, 2.45) is 0 Å². The average Bonchev–Trinajstić information content (AvgIpc) is 2.16. The van der Waals surface area contributed by atoms with Gasteiger partial charge in [-0.1, -0.05) is 0 Å². The van der Waals surface area contributed by atoms with Gasteiger partial charge < -0.3 is 9.80 Å². The van der Waals surface area contributed by atoms with Crippen LogP contribution in [0.25, 0.3) is 0 Å². The zero-order chi connectivity index (χ0) is 8.97. The van der Waals surface area contributed by atoms with E-state index in [9.17, 15) is 0 Å². The monoisotopic (exact) mass is 170 g/mol. The minimum Gasteiger partial charge on any atom is -0.308 e. The van der Waals surface area contributed by atoms with E-state index in [-0.39, 0.29) is 0 Å². The first-order chi connectivity index (χ1) is 5.70. The van der Waals surface area contributed by atoms with Gasteiger partial charge in [-0.15, -0.1) is 0 Å². The highest BCUT2D eigenvalue weighted by Gasteiger charge is 2.17. The molecule has 0 aliphatic carbocycles. The molecule has 1 radical (unpaired) electrons. The maximum atomic E-state index is 4.42. The van der Waals surface area contributed by atoms with E-state index in [0.717, 1.165) is 26.2 Å². The van der Waals surface area contributed by atoms with Gasteiger partial charge in [-0.25, -0.2) is 5.32 Å². The molecule has 12 heavy (non-hydrogen) atoms. The lowest BCUT2D eigenvalue weighted by molar-refractivity contribution is 0.203. The van der Waals surface area contributed by atoms with E-state index in [4.69, 9.17) is 0 Å². The van der Waals surface area contributed by atoms with Gasteiger partial charge in [-0.2, -0.15) is 0 Å². The Morgan fingerprint density at radius 1 is 1.42 bits per heavy atom. The fourth-order valence-electron chi connectivity index (χ4n) is 1.64. The highest BCUT2D eigenvalue weighted by Crippen LogP contribution is 2.05. The zero-order valence-electron chi connectivity index (χ0n) is 8.45. The first kappa shape index (κ1) is 9.96. The minimum absolute atomic E-state index is 0.700. The maximum absolute atomic E-state index is 4.42. The van der Waals surface area contributed by atoms with E-state index in [1.54, 1.807) is 0 Å². The second kappa shape index (κ2) is 4.80. The van der Waals surface area contributed by atoms with Gasteiger partial charge in [0.2, 0.25) is 0 Å². The van der Waals surface area contributed by atoms with Gasteiger partial charge >= 0.3 is 0 Å². The molecule has 3 heteroatoms. The summed E-state index contributed by atoms with van der Waals surface area (Å²) in [5.74, 6) is 0. The predicted octanol–water partition coefficient (Wildman–Crippen LogP) is -0.143. The number of likely N-dealkylation sites (N-methyl/N-ethyl adjacent to an activating group) is 2. The Kier molecular flexibility index (Phi) is 3.98. The van der Waals surface area contributed by atoms with Crippen molar-refractivity contribution in [2.45, 2.75) is 12.5 Å². The molecule has 0 aromatic rings. The van der Waals surface area contributed by atoms with Crippen LogP contribution in [0.1, 0.15) is 6.42 Å². The van der Waals surface area contributed by atoms with Crippen molar-refractivity contribution in [1.82, 2.24) is 15.1 Å². The van der Waals surface area contributed by atoms with Gasteiger partial charge in [0, 0.05) is 32.2 Å². The largest absolute Gasteiger partial charge is 0.308 e. The summed E-state index contributed by atoms with van der Waals surface area (Å²) < 4.78 is 0. The van der Waals surface area contributed by atoms with Crippen molar-refractivity contribution in [3.8, 4) is 0 Å². The standard InChI is InChI=1S/C9H20N3/c1-11(2)8-9-4-5-10-6-7-12(9)3/h9H,4-8H2,1-3H3. The molecule has 0 aromatic heterocycles. The van der Waals surface area contributed by atoms with Gasteiger partial charge in [0.15, 0.2) is 0 Å². The maximum Gasteiger partial charge on any atom is 0.0261 e. The molecule has 1 unspecified atom stereocenters. The van der Waals surface area contributed by atoms with Gasteiger partial charge in [-0.3, -0.25) is 0 Å². The quantitative estimate of drug-likeness (QED) is 0.575. The van der Waals surface area contributed by atoms with Crippen LogP contribution in [0.3, 0.4) is 0 Å². The van der Waals surface area contributed by atoms with Gasteiger partial charge in [0.25, 0.3) is 0 Å². The third kappa shape index (κ3) is 3.09. The third-order valence-electron chi connectivity index (χ3n) is 2.43. The van der Waals surface area contributed by atoms with Gasteiger partial charge in [0.05, 0.1) is 0 Å². The molecule has 0 spiro atoms. The SMILES string of the molecule is CN(C)CC1CC[N]CCN1C. The van der Waals surface area contributed by atoms with E-state index in [1.807, 2.05) is 0 Å². The van der Waals surface area contributed by atoms with Crippen LogP contribution in [0.15, 0.2) is 0 Å². The van der Waals surface area contributed by atoms with Crippen LogP contribution in [0, 0.1) is 0 Å². The van der Waals surface area contributed by atoms with Crippen molar-refractivity contribution in [3.63, 3.8) is 0 Å². The van der Waals surface area contributed by atoms with Crippen molar-refractivity contribution >= 4 is 0 Å². The summed E-state index contributed by atoms with van der Waals surface area (Å²) >= 11 is 0. The van der Waals surface area contributed by atoms with Crippen LogP contribution >= 0.6 is 0 Å². The molecule has 0 amide bonds. The minimum atomic E-state index is 0.700. The molecule has 1 rings (SSSR count). The van der Waals surface area contributed by atoms with E-state index in [1.165, 1.54) is 6.42 Å². The summed E-state index contributed by atoms with van der Waals surface area (Å²) in [4.78, 5) is 4.68. The molecule has 1 saturated heterocycles. The van der Waals surface area contributed by atoms with Crippen LogP contribution in [-0.4, -0.2) is 63.2 Å². The molecule has 0 aromatic carbocycles. The van der Waals surface area contributed by atoms with E-state index in [2.05, 4.69) is 36.3 Å². The molecule has 0 N–H and O–H groups in total. The van der Waals surface area contributed by atoms with E-state index < -0.39 is 0 Å². The number of hydrogen-bond donors (Lipinski definition) is 0. The molecule has 3 nitrogen and oxygen atoms in total. The lowest BCUT2D eigenvalue weighted by Gasteiger charge is -2.27. The highest BCUT2D eigenvalue weighted by atomic mass is 15.2. The fraction of sp³-hybridized carbons (Fsp3) is 1.00. The third-order valence-corrected chi connectivity index (χ3v) is 2.43. The first-order valence-corrected chi connectivity index (χ1v) is 4.68. The Balaban J connectivity index is 2.36. The number of hydrogen-bond acceptors (Lipinski definition) is 2. The molecule has 1 aliphatic rings. The summed E-state index contributed by atoms with van der Waals surface area (Å²) in [7, 11) is 6.47. The molecular formula is C9H20N3. The van der Waals surface area contributed by atoms with E-state index >= 15 is 0 Å². The Morgan fingerprint density at radius 3 is 2.83 bits per heavy atom. The molecule has 1 aliphatic heterocycles. The van der Waals surface area contributed by atoms with Crippen molar-refractivity contribution < 1.29 is 0 Å². The van der Waals surface area contributed by atoms with Crippen molar-refractivity contribution in [1.29, 1.82) is 0 Å². The fourth-order valence-corrected chi connectivity index (χ4v) is 1.64. The summed E-state index contributed by atoms with van der Waals surface area (Å²) in [6.07, 6.45) is 1.22. The predicted molar refractivity (Wildman–Crippen MR) is 51.5 cm³/mol. The summed E-state index contributed by atoms with van der Waals surface area (Å²) in [5.41, 5.74) is 0. The normalized spacial score (nSPS) is 27.5. The highest BCUT2D eigenvalue weighted by molar-refractivity contribution is 4.75. The van der Waals surface area contributed by atoms with E-state index in [0.29, 0.717) is 6.04 Å². The molecule has 1 atom stereocenters. The Hall–Kier alpha value is -0.120. The Morgan fingerprint density at radius 2 is 2.17 bits per heavy atom. The molecule has 1 fully saturated rings. The topological polar surface area (TPSA) is 20.6 Å². The smallest absolute Gasteiger partial charge is 0.0261 e. The molecule has 0 saturated carbocycles. The lowest BCUT2D eigenvalue weighted by atomic mass is 10.2. The summed E-state index contributed by atoms with van der Waals surface area (Å²) in [6.45, 7) is 4.34. The average molecular weight is 170 g/mol. The molecule has 1 heterocycles. The first-order valence-electron chi connectivity index (χ1n) is 4.68. The molecule has 71 valence electrons. The van der Waals surface area contributed by atoms with Crippen LogP contribution in [0.4, 0.5) is 0 Å². The Bertz CT molecular complexity index is 125. The second-order valence-corrected chi connectivity index (χ2v) is 3.86. The van der Waals surface area contributed by atoms with Crippen LogP contribution in [-0.2, 0) is 0 Å². The van der Waals surface area contributed by atoms with Crippen molar-refractivity contribution in [3.05, 3.63) is 0 Å².